The second-order valence-electron chi connectivity index (χ2n) is 3.87. The third-order valence-electron chi connectivity index (χ3n) is 1.02. The normalized spacial score (nSPS) is 8.39. The Balaban J connectivity index is -0.000000212. The van der Waals surface area contributed by atoms with Crippen LogP contribution in [0.1, 0.15) is 54.4 Å². The van der Waals surface area contributed by atoms with Crippen LogP contribution in [0.25, 0.3) is 0 Å². The van der Waals surface area contributed by atoms with E-state index in [4.69, 9.17) is 22.7 Å². The summed E-state index contributed by atoms with van der Waals surface area (Å²) in [6.45, 7) is 11.0. The number of hydrogen-bond donors (Lipinski definition) is 0. The molecule has 0 aliphatic heterocycles. The van der Waals surface area contributed by atoms with E-state index in [0.29, 0.717) is 18.6 Å². The van der Waals surface area contributed by atoms with Crippen molar-refractivity contribution in [1.82, 2.24) is 0 Å². The molecule has 0 unspecified atom stereocenters. The molecule has 0 N–H and O–H groups in total. The predicted octanol–water partition coefficient (Wildman–Crippen LogP) is 1.44. The summed E-state index contributed by atoms with van der Waals surface area (Å²) in [6.07, 6.45) is 2.29. The first-order valence-electron chi connectivity index (χ1n) is 5.94. The van der Waals surface area contributed by atoms with Gasteiger partial charge >= 0.3 is 63.4 Å². The fraction of sp³-hybridized carbons (Fsp3) is 0.833. The fourth-order valence-electron chi connectivity index (χ4n) is 0.366. The minimum absolute atomic E-state index is 0.245. The zero-order valence-corrected chi connectivity index (χ0v) is 13.4. The molecule has 0 spiro atoms. The van der Waals surface area contributed by atoms with Crippen LogP contribution < -0.4 is 5.11 Å². The summed E-state index contributed by atoms with van der Waals surface area (Å²) in [6, 6.07) is 2.02. The standard InChI is InChI=1S/C4H7N.2C3H7O.C2H4O2.Al/c1-2-3-4-5;2*1-3(2)4;1-2(3)4;/h2-3H2,1H3;2*3H,1-2H3;1H3,(H,3,4);/q;2*-1;;+3/p-1. The fourth-order valence-corrected chi connectivity index (χ4v) is 0.875. The number of carboxylic acids is 1. The molecule has 0 radical (unpaired) electrons. The molecule has 0 heterocycles. The monoisotopic (exact) mass is 273 g/mol. The number of unbranched alkanes of at least 4 members (excludes halogenated alkanes) is 1. The average molecular weight is 273 g/mol. The summed E-state index contributed by atoms with van der Waals surface area (Å²) in [7, 11) is 0. The molecule has 0 rings (SSSR count). The zero-order valence-electron chi connectivity index (χ0n) is 12.2. The molecule has 6 heteroatoms. The van der Waals surface area contributed by atoms with Crippen molar-refractivity contribution in [3.8, 4) is 6.07 Å². The Morgan fingerprint density at radius 1 is 1.28 bits per heavy atom. The van der Waals surface area contributed by atoms with Gasteiger partial charge in [0.05, 0.1) is 6.07 Å². The van der Waals surface area contributed by atoms with E-state index in [1.165, 1.54) is 0 Å². The first kappa shape index (κ1) is 22.6. The van der Waals surface area contributed by atoms with Gasteiger partial charge in [0, 0.05) is 12.4 Å². The van der Waals surface area contributed by atoms with Gasteiger partial charge in [0.15, 0.2) is 0 Å². The molecule has 0 bridgehead atoms. The molecule has 0 saturated heterocycles. The van der Waals surface area contributed by atoms with Crippen LogP contribution in [0.5, 0.6) is 0 Å². The molecule has 5 nitrogen and oxygen atoms in total. The third-order valence-corrected chi connectivity index (χ3v) is 2.33. The van der Waals surface area contributed by atoms with Crippen molar-refractivity contribution in [1.29, 1.82) is 5.26 Å². The van der Waals surface area contributed by atoms with Gasteiger partial charge in [-0.15, -0.1) is 0 Å². The Hall–Kier alpha value is -0.588. The van der Waals surface area contributed by atoms with Crippen molar-refractivity contribution in [3.05, 3.63) is 0 Å². The Morgan fingerprint density at radius 3 is 1.72 bits per heavy atom. The van der Waals surface area contributed by atoms with E-state index in [1.807, 2.05) is 40.7 Å². The van der Waals surface area contributed by atoms with Gasteiger partial charge in [-0.2, -0.15) is 5.26 Å². The van der Waals surface area contributed by atoms with Crippen molar-refractivity contribution in [2.75, 3.05) is 0 Å². The Kier molecular flexibility index (Phi) is 23.5. The van der Waals surface area contributed by atoms with Gasteiger partial charge < -0.3 is 9.90 Å². The number of nitrogens with zero attached hydrogens (tertiary/aromatic N) is 1. The van der Waals surface area contributed by atoms with Crippen molar-refractivity contribution in [2.24, 2.45) is 0 Å². The molecule has 0 saturated carbocycles. The summed E-state index contributed by atoms with van der Waals surface area (Å²) >= 11 is -0.245. The van der Waals surface area contributed by atoms with E-state index in [1.54, 1.807) is 0 Å². The van der Waals surface area contributed by atoms with E-state index < -0.39 is 5.97 Å². The van der Waals surface area contributed by atoms with E-state index in [9.17, 15) is 0 Å². The summed E-state index contributed by atoms with van der Waals surface area (Å²) in [4.78, 5) is 8.89. The first-order valence-corrected chi connectivity index (χ1v) is 6.89. The zero-order chi connectivity index (χ0) is 15.0. The second-order valence-corrected chi connectivity index (χ2v) is 4.60. The number of carbonyl (C=O) groups is 1. The van der Waals surface area contributed by atoms with Gasteiger partial charge in [-0.05, 0) is 13.3 Å². The maximum atomic E-state index is 8.89. The number of nitriles is 1. The smallest absolute Gasteiger partial charge is 0.0621 e. The molecule has 18 heavy (non-hydrogen) atoms. The van der Waals surface area contributed by atoms with Crippen LogP contribution in [-0.2, 0) is 12.4 Å². The molecule has 0 aliphatic rings. The molecule has 0 atom stereocenters. The predicted molar refractivity (Wildman–Crippen MR) is 69.4 cm³/mol. The van der Waals surface area contributed by atoms with Crippen molar-refractivity contribution >= 4 is 21.9 Å². The third kappa shape index (κ3) is 58.3. The molecule has 0 fully saturated rings. The van der Waals surface area contributed by atoms with Crippen LogP contribution >= 0.6 is 0 Å². The number of rotatable bonds is 5. The number of carbonyl (C=O) groups excluding carboxylic acids is 1. The van der Waals surface area contributed by atoms with Crippen molar-refractivity contribution in [2.45, 2.75) is 66.6 Å². The van der Waals surface area contributed by atoms with Gasteiger partial charge in [-0.25, -0.2) is 0 Å². The Labute approximate surface area is 117 Å². The Bertz CT molecular complexity index is 203. The second kappa shape index (κ2) is 18.8. The van der Waals surface area contributed by atoms with E-state index in [2.05, 4.69) is 0 Å². The van der Waals surface area contributed by atoms with Crippen molar-refractivity contribution < 1.29 is 17.5 Å². The Morgan fingerprint density at radius 2 is 1.61 bits per heavy atom. The van der Waals surface area contributed by atoms with Gasteiger partial charge in [0.2, 0.25) is 0 Å². The number of hydrogen-bond acceptors (Lipinski definition) is 5. The van der Waals surface area contributed by atoms with Crippen molar-refractivity contribution in [3.63, 3.8) is 0 Å². The average Bonchev–Trinajstić information content (AvgIpc) is 2.17. The molecule has 0 amide bonds. The summed E-state index contributed by atoms with van der Waals surface area (Å²) in [5.41, 5.74) is 0. The molecule has 0 aromatic carbocycles. The van der Waals surface area contributed by atoms with Crippen LogP contribution in [-0.4, -0.2) is 34.1 Å². The molecule has 0 aromatic rings. The number of aliphatic carboxylic acids is 1. The largest absolute Gasteiger partial charge is 0.198 e. The van der Waals surface area contributed by atoms with E-state index in [-0.39, 0.29) is 15.9 Å². The molecule has 0 aromatic heterocycles. The SMILES string of the molecule is CC(=O)[O-].CC(C)[O][Al+][O]C(C)C.CCCC#N. The van der Waals surface area contributed by atoms with E-state index >= 15 is 0 Å². The van der Waals surface area contributed by atoms with Crippen LogP contribution in [0.4, 0.5) is 0 Å². The van der Waals surface area contributed by atoms with Crippen LogP contribution in [0.15, 0.2) is 0 Å². The molecule has 0 aliphatic carbocycles. The van der Waals surface area contributed by atoms with Gasteiger partial charge in [0.25, 0.3) is 0 Å². The first-order chi connectivity index (χ1) is 8.27. The molecular weight excluding hydrogens is 249 g/mol. The van der Waals surface area contributed by atoms with Crippen LogP contribution in [0.2, 0.25) is 0 Å². The van der Waals surface area contributed by atoms with Crippen LogP contribution in [0.3, 0.4) is 0 Å². The maximum absolute atomic E-state index is 8.89. The van der Waals surface area contributed by atoms with Gasteiger partial charge in [0.1, 0.15) is 0 Å². The van der Waals surface area contributed by atoms with Crippen LogP contribution in [0, 0.1) is 11.3 Å². The summed E-state index contributed by atoms with van der Waals surface area (Å²) in [5.74, 6) is -1.08. The minimum atomic E-state index is -1.08. The topological polar surface area (TPSA) is 82.4 Å². The molecule has 104 valence electrons. The summed E-state index contributed by atoms with van der Waals surface area (Å²) in [5, 5.41) is 16.7. The van der Waals surface area contributed by atoms with Gasteiger partial charge in [-0.3, -0.25) is 0 Å². The number of carboxylic acid groups (broad SMARTS) is 1. The van der Waals surface area contributed by atoms with E-state index in [0.717, 1.165) is 13.3 Å². The summed E-state index contributed by atoms with van der Waals surface area (Å²) < 4.78 is 10.4. The maximum Gasteiger partial charge on any atom is 0.0621 e. The minimum Gasteiger partial charge on any atom is -0.198 e. The quantitative estimate of drug-likeness (QED) is 0.708. The van der Waals surface area contributed by atoms with Gasteiger partial charge in [-0.1, -0.05) is 6.92 Å². The molecular formula is C12H24AlNO4.